The molecule has 0 radical (unpaired) electrons. The quantitative estimate of drug-likeness (QED) is 0.784. The van der Waals surface area contributed by atoms with Crippen molar-refractivity contribution in [3.05, 3.63) is 46.1 Å². The highest BCUT2D eigenvalue weighted by atomic mass is 35.5. The minimum atomic E-state index is -3.79. The van der Waals surface area contributed by atoms with E-state index in [4.69, 9.17) is 16.9 Å². The zero-order chi connectivity index (χ0) is 15.5. The van der Waals surface area contributed by atoms with Crippen LogP contribution in [0.3, 0.4) is 0 Å². The smallest absolute Gasteiger partial charge is 0.229 e. The average molecular weight is 342 g/mol. The van der Waals surface area contributed by atoms with Crippen LogP contribution in [0.2, 0.25) is 4.47 Å². The van der Waals surface area contributed by atoms with E-state index in [-0.39, 0.29) is 21.8 Å². The normalized spacial score (nSPS) is 11.5. The first-order valence-electron chi connectivity index (χ1n) is 5.99. The summed E-state index contributed by atoms with van der Waals surface area (Å²) < 4.78 is 26.7. The molecule has 0 spiro atoms. The molecule has 0 N–H and O–H groups in total. The molecule has 0 saturated carbocycles. The van der Waals surface area contributed by atoms with Crippen LogP contribution in [-0.4, -0.2) is 24.3 Å². The van der Waals surface area contributed by atoms with Crippen LogP contribution in [0.15, 0.2) is 34.5 Å². The van der Waals surface area contributed by atoms with Gasteiger partial charge in [0.05, 0.1) is 11.8 Å². The molecule has 21 heavy (non-hydrogen) atoms. The summed E-state index contributed by atoms with van der Waals surface area (Å²) in [5.74, 6) is 0. The number of halogens is 1. The van der Waals surface area contributed by atoms with Crippen molar-refractivity contribution < 1.29 is 8.42 Å². The topological polar surface area (TPSA) is 74.1 Å². The first-order valence-corrected chi connectivity index (χ1v) is 8.62. The standard InChI is InChI=1S/C13H12ClN3O2S2/c1-10-12(20-13(14)16-10)21(18,19)17(8-7-15)9-11-5-3-2-4-6-11/h2-6H,8-9H2,1H3. The summed E-state index contributed by atoms with van der Waals surface area (Å²) in [6, 6.07) is 11.0. The number of nitrogens with zero attached hydrogens (tertiary/aromatic N) is 3. The number of hydrogen-bond acceptors (Lipinski definition) is 5. The van der Waals surface area contributed by atoms with Crippen LogP contribution in [0.1, 0.15) is 11.3 Å². The summed E-state index contributed by atoms with van der Waals surface area (Å²) in [5, 5.41) is 8.91. The van der Waals surface area contributed by atoms with E-state index >= 15 is 0 Å². The van der Waals surface area contributed by atoms with Gasteiger partial charge in [-0.15, -0.1) is 0 Å². The third kappa shape index (κ3) is 3.60. The molecule has 0 amide bonds. The van der Waals surface area contributed by atoms with Crippen LogP contribution in [0, 0.1) is 18.3 Å². The number of aryl methyl sites for hydroxylation is 1. The zero-order valence-electron chi connectivity index (χ0n) is 11.2. The first-order chi connectivity index (χ1) is 9.95. The molecule has 0 aliphatic heterocycles. The molecule has 2 rings (SSSR count). The van der Waals surface area contributed by atoms with E-state index in [0.29, 0.717) is 5.69 Å². The summed E-state index contributed by atoms with van der Waals surface area (Å²) in [6.45, 7) is 1.49. The molecule has 8 heteroatoms. The molecular weight excluding hydrogens is 330 g/mol. The largest absolute Gasteiger partial charge is 0.255 e. The number of sulfonamides is 1. The molecule has 0 saturated heterocycles. The van der Waals surface area contributed by atoms with Crippen LogP contribution < -0.4 is 0 Å². The average Bonchev–Trinajstić information content (AvgIpc) is 2.79. The van der Waals surface area contributed by atoms with Gasteiger partial charge >= 0.3 is 0 Å². The Bertz CT molecular complexity index is 766. The maximum atomic E-state index is 12.6. The highest BCUT2D eigenvalue weighted by molar-refractivity contribution is 7.91. The Hall–Kier alpha value is -1.46. The second-order valence-electron chi connectivity index (χ2n) is 4.26. The van der Waals surface area contributed by atoms with Gasteiger partial charge in [-0.2, -0.15) is 9.57 Å². The van der Waals surface area contributed by atoms with Gasteiger partial charge in [-0.1, -0.05) is 53.3 Å². The Balaban J connectivity index is 2.37. The van der Waals surface area contributed by atoms with Gasteiger partial charge < -0.3 is 0 Å². The minimum Gasteiger partial charge on any atom is -0.229 e. The van der Waals surface area contributed by atoms with Gasteiger partial charge in [-0.25, -0.2) is 13.4 Å². The van der Waals surface area contributed by atoms with Gasteiger partial charge in [-0.05, 0) is 12.5 Å². The molecule has 1 heterocycles. The van der Waals surface area contributed by atoms with Crippen LogP contribution >= 0.6 is 22.9 Å². The van der Waals surface area contributed by atoms with Crippen molar-refractivity contribution in [2.45, 2.75) is 17.7 Å². The molecule has 0 atom stereocenters. The van der Waals surface area contributed by atoms with Crippen molar-refractivity contribution >= 4 is 33.0 Å². The summed E-state index contributed by atoms with van der Waals surface area (Å²) in [6.07, 6.45) is 0. The first kappa shape index (κ1) is 15.9. The molecule has 0 bridgehead atoms. The Morgan fingerprint density at radius 3 is 2.57 bits per heavy atom. The van der Waals surface area contributed by atoms with E-state index < -0.39 is 10.0 Å². The number of hydrogen-bond donors (Lipinski definition) is 0. The lowest BCUT2D eigenvalue weighted by atomic mass is 10.2. The number of rotatable bonds is 5. The predicted octanol–water partition coefficient (Wildman–Crippen LogP) is 2.82. The van der Waals surface area contributed by atoms with Crippen LogP contribution in [0.4, 0.5) is 0 Å². The lowest BCUT2D eigenvalue weighted by Crippen LogP contribution is -2.31. The Morgan fingerprint density at radius 2 is 2.05 bits per heavy atom. The van der Waals surface area contributed by atoms with Gasteiger partial charge in [0.25, 0.3) is 10.0 Å². The van der Waals surface area contributed by atoms with Crippen molar-refractivity contribution in [3.8, 4) is 6.07 Å². The number of benzene rings is 1. The molecule has 0 aliphatic rings. The lowest BCUT2D eigenvalue weighted by Gasteiger charge is -2.18. The fourth-order valence-corrected chi connectivity index (χ4v) is 5.00. The highest BCUT2D eigenvalue weighted by Crippen LogP contribution is 2.29. The molecule has 0 fully saturated rings. The van der Waals surface area contributed by atoms with Gasteiger partial charge in [0.15, 0.2) is 8.68 Å². The third-order valence-corrected chi connectivity index (χ3v) is 6.39. The second kappa shape index (κ2) is 6.54. The summed E-state index contributed by atoms with van der Waals surface area (Å²) >= 11 is 6.67. The van der Waals surface area contributed by atoms with Crippen LogP contribution in [0.25, 0.3) is 0 Å². The maximum Gasteiger partial charge on any atom is 0.255 e. The van der Waals surface area contributed by atoms with E-state index in [1.165, 1.54) is 0 Å². The predicted molar refractivity (Wildman–Crippen MR) is 81.5 cm³/mol. The van der Waals surface area contributed by atoms with Crippen molar-refractivity contribution in [1.82, 2.24) is 9.29 Å². The molecule has 1 aromatic carbocycles. The zero-order valence-corrected chi connectivity index (χ0v) is 13.5. The number of thiazole rings is 1. The summed E-state index contributed by atoms with van der Waals surface area (Å²) in [7, 11) is -3.79. The maximum absolute atomic E-state index is 12.6. The van der Waals surface area contributed by atoms with Gasteiger partial charge in [-0.3, -0.25) is 0 Å². The van der Waals surface area contributed by atoms with E-state index in [1.807, 2.05) is 36.4 Å². The van der Waals surface area contributed by atoms with E-state index in [9.17, 15) is 8.42 Å². The molecular formula is C13H12ClN3O2S2. The molecule has 110 valence electrons. The van der Waals surface area contributed by atoms with Crippen molar-refractivity contribution in [2.75, 3.05) is 6.54 Å². The van der Waals surface area contributed by atoms with Crippen LogP contribution in [0.5, 0.6) is 0 Å². The Morgan fingerprint density at radius 1 is 1.38 bits per heavy atom. The molecule has 0 unspecified atom stereocenters. The fraction of sp³-hybridized carbons (Fsp3) is 0.231. The van der Waals surface area contributed by atoms with Crippen molar-refractivity contribution in [3.63, 3.8) is 0 Å². The molecule has 5 nitrogen and oxygen atoms in total. The summed E-state index contributed by atoms with van der Waals surface area (Å²) in [4.78, 5) is 3.92. The number of nitriles is 1. The van der Waals surface area contributed by atoms with E-state index in [1.54, 1.807) is 6.92 Å². The van der Waals surface area contributed by atoms with E-state index in [2.05, 4.69) is 4.98 Å². The molecule has 0 aliphatic carbocycles. The molecule has 2 aromatic rings. The van der Waals surface area contributed by atoms with Gasteiger partial charge in [0, 0.05) is 6.54 Å². The Kier molecular flexibility index (Phi) is 4.96. The molecule has 1 aromatic heterocycles. The minimum absolute atomic E-state index is 0.0821. The summed E-state index contributed by atoms with van der Waals surface area (Å²) in [5.41, 5.74) is 1.16. The van der Waals surface area contributed by atoms with Crippen molar-refractivity contribution in [1.29, 1.82) is 5.26 Å². The van der Waals surface area contributed by atoms with Crippen LogP contribution in [-0.2, 0) is 16.6 Å². The monoisotopic (exact) mass is 341 g/mol. The Labute approximate surface area is 132 Å². The fourth-order valence-electron chi connectivity index (χ4n) is 1.80. The second-order valence-corrected chi connectivity index (χ2v) is 7.97. The lowest BCUT2D eigenvalue weighted by molar-refractivity contribution is 0.442. The van der Waals surface area contributed by atoms with Crippen molar-refractivity contribution in [2.24, 2.45) is 0 Å². The van der Waals surface area contributed by atoms with Gasteiger partial charge in [0.1, 0.15) is 6.54 Å². The third-order valence-electron chi connectivity index (χ3n) is 2.75. The SMILES string of the molecule is Cc1nc(Cl)sc1S(=O)(=O)N(CC#N)Cc1ccccc1. The van der Waals surface area contributed by atoms with E-state index in [0.717, 1.165) is 21.2 Å². The number of aromatic nitrogens is 1. The van der Waals surface area contributed by atoms with Gasteiger partial charge in [0.2, 0.25) is 0 Å². The highest BCUT2D eigenvalue weighted by Gasteiger charge is 2.29.